The minimum Gasteiger partial charge on any atom is -0.479 e. The molecule has 30 heavy (non-hydrogen) atoms. The standard InChI is InChI=1S/C22H24N2O6/c1-3-22(2,20(27)24-30-13-19(25)26)23-21(28)29-12-18-16-10-6-4-8-14(16)15-9-5-7-11-17(15)18/h4-11,18H,3,12-13H2,1-2H3,(H,23,28)(H,24,27)(H,25,26). The highest BCUT2D eigenvalue weighted by atomic mass is 16.7. The van der Waals surface area contributed by atoms with Gasteiger partial charge < -0.3 is 15.2 Å². The number of nitrogens with one attached hydrogen (secondary N) is 2. The molecular formula is C22H24N2O6. The summed E-state index contributed by atoms with van der Waals surface area (Å²) in [6, 6.07) is 16.0. The number of aliphatic carboxylic acids is 1. The Balaban J connectivity index is 1.64. The Morgan fingerprint density at radius 1 is 1.03 bits per heavy atom. The number of hydrogen-bond donors (Lipinski definition) is 3. The molecule has 0 heterocycles. The third-order valence-electron chi connectivity index (χ3n) is 5.29. The molecule has 0 aliphatic heterocycles. The smallest absolute Gasteiger partial charge is 0.408 e. The summed E-state index contributed by atoms with van der Waals surface area (Å²) < 4.78 is 5.47. The number of carboxylic acid groups (broad SMARTS) is 1. The fraction of sp³-hybridized carbons (Fsp3) is 0.318. The molecule has 2 aromatic rings. The molecule has 1 aliphatic carbocycles. The number of fused-ring (bicyclic) bond motifs is 3. The lowest BCUT2D eigenvalue weighted by Crippen LogP contribution is -2.56. The van der Waals surface area contributed by atoms with Crippen molar-refractivity contribution in [1.82, 2.24) is 10.8 Å². The van der Waals surface area contributed by atoms with Crippen LogP contribution in [0.4, 0.5) is 4.79 Å². The Morgan fingerprint density at radius 3 is 2.13 bits per heavy atom. The molecular weight excluding hydrogens is 388 g/mol. The van der Waals surface area contributed by atoms with E-state index in [0.29, 0.717) is 0 Å². The SMILES string of the molecule is CCC(C)(NC(=O)OCC1c2ccccc2-c2ccccc21)C(=O)NOCC(=O)O. The number of amides is 2. The third kappa shape index (κ3) is 4.44. The van der Waals surface area contributed by atoms with Gasteiger partial charge >= 0.3 is 12.1 Å². The fourth-order valence-electron chi connectivity index (χ4n) is 3.44. The van der Waals surface area contributed by atoms with Gasteiger partial charge in [-0.2, -0.15) is 0 Å². The van der Waals surface area contributed by atoms with Gasteiger partial charge in [-0.1, -0.05) is 55.5 Å². The summed E-state index contributed by atoms with van der Waals surface area (Å²) in [6.07, 6.45) is -0.492. The molecule has 158 valence electrons. The van der Waals surface area contributed by atoms with Gasteiger partial charge in [0.1, 0.15) is 12.1 Å². The van der Waals surface area contributed by atoms with Gasteiger partial charge in [-0.3, -0.25) is 9.63 Å². The van der Waals surface area contributed by atoms with Crippen molar-refractivity contribution >= 4 is 18.0 Å². The Hall–Kier alpha value is -3.39. The lowest BCUT2D eigenvalue weighted by atomic mass is 9.98. The van der Waals surface area contributed by atoms with Crippen LogP contribution in [0.3, 0.4) is 0 Å². The van der Waals surface area contributed by atoms with E-state index in [1.54, 1.807) is 6.92 Å². The summed E-state index contributed by atoms with van der Waals surface area (Å²) in [7, 11) is 0. The highest BCUT2D eigenvalue weighted by molar-refractivity contribution is 5.89. The van der Waals surface area contributed by atoms with Crippen LogP contribution >= 0.6 is 0 Å². The van der Waals surface area contributed by atoms with Gasteiger partial charge in [0.25, 0.3) is 5.91 Å². The molecule has 8 nitrogen and oxygen atoms in total. The summed E-state index contributed by atoms with van der Waals surface area (Å²) in [6.45, 7) is 2.65. The van der Waals surface area contributed by atoms with E-state index in [4.69, 9.17) is 9.84 Å². The van der Waals surface area contributed by atoms with Gasteiger partial charge in [-0.05, 0) is 35.6 Å². The Bertz CT molecular complexity index is 915. The molecule has 8 heteroatoms. The van der Waals surface area contributed by atoms with E-state index < -0.39 is 30.1 Å². The molecule has 2 amide bonds. The molecule has 0 saturated carbocycles. The average Bonchev–Trinajstić information content (AvgIpc) is 3.05. The quantitative estimate of drug-likeness (QED) is 0.575. The highest BCUT2D eigenvalue weighted by Crippen LogP contribution is 2.44. The number of hydroxylamine groups is 1. The van der Waals surface area contributed by atoms with Gasteiger partial charge in [0, 0.05) is 5.92 Å². The molecule has 1 atom stereocenters. The van der Waals surface area contributed by atoms with Crippen molar-refractivity contribution in [2.45, 2.75) is 31.7 Å². The molecule has 0 bridgehead atoms. The largest absolute Gasteiger partial charge is 0.479 e. The normalized spacial score (nSPS) is 14.2. The number of rotatable bonds is 8. The number of ether oxygens (including phenoxy) is 1. The second-order valence-electron chi connectivity index (χ2n) is 7.25. The van der Waals surface area contributed by atoms with Gasteiger partial charge in [-0.25, -0.2) is 15.1 Å². The third-order valence-corrected chi connectivity index (χ3v) is 5.29. The van der Waals surface area contributed by atoms with Gasteiger partial charge in [-0.15, -0.1) is 0 Å². The highest BCUT2D eigenvalue weighted by Gasteiger charge is 2.35. The number of benzene rings is 2. The molecule has 2 aromatic carbocycles. The average molecular weight is 412 g/mol. The topological polar surface area (TPSA) is 114 Å². The van der Waals surface area contributed by atoms with Crippen LogP contribution in [0.1, 0.15) is 37.3 Å². The predicted molar refractivity (Wildman–Crippen MR) is 109 cm³/mol. The first kappa shape index (κ1) is 21.3. The van der Waals surface area contributed by atoms with Crippen molar-refractivity contribution in [3.8, 4) is 11.1 Å². The van der Waals surface area contributed by atoms with E-state index >= 15 is 0 Å². The van der Waals surface area contributed by atoms with Gasteiger partial charge in [0.2, 0.25) is 0 Å². The Kier molecular flexibility index (Phi) is 6.37. The molecule has 0 spiro atoms. The molecule has 0 radical (unpaired) electrons. The van der Waals surface area contributed by atoms with E-state index in [-0.39, 0.29) is 18.9 Å². The van der Waals surface area contributed by atoms with Crippen LogP contribution in [0.5, 0.6) is 0 Å². The van der Waals surface area contributed by atoms with Crippen LogP contribution in [0.2, 0.25) is 0 Å². The first-order chi connectivity index (χ1) is 14.4. The second-order valence-corrected chi connectivity index (χ2v) is 7.25. The van der Waals surface area contributed by atoms with Crippen molar-refractivity contribution in [3.05, 3.63) is 59.7 Å². The Morgan fingerprint density at radius 2 is 1.60 bits per heavy atom. The maximum atomic E-state index is 12.4. The van der Waals surface area contributed by atoms with E-state index in [2.05, 4.69) is 10.2 Å². The van der Waals surface area contributed by atoms with Crippen LogP contribution in [-0.2, 0) is 19.2 Å². The van der Waals surface area contributed by atoms with Crippen molar-refractivity contribution in [2.75, 3.05) is 13.2 Å². The van der Waals surface area contributed by atoms with Gasteiger partial charge in [0.05, 0.1) is 0 Å². The molecule has 3 N–H and O–H groups in total. The van der Waals surface area contributed by atoms with Crippen LogP contribution in [0.25, 0.3) is 11.1 Å². The summed E-state index contributed by atoms with van der Waals surface area (Å²) in [5.41, 5.74) is 5.14. The molecule has 0 saturated heterocycles. The summed E-state index contributed by atoms with van der Waals surface area (Å²) in [4.78, 5) is 39.9. The number of carbonyl (C=O) groups excluding carboxylic acids is 2. The zero-order valence-corrected chi connectivity index (χ0v) is 16.8. The number of alkyl carbamates (subject to hydrolysis) is 1. The minimum atomic E-state index is -1.32. The van der Waals surface area contributed by atoms with Crippen molar-refractivity contribution in [2.24, 2.45) is 0 Å². The molecule has 0 aromatic heterocycles. The van der Waals surface area contributed by atoms with Gasteiger partial charge in [0.15, 0.2) is 6.61 Å². The first-order valence-corrected chi connectivity index (χ1v) is 9.63. The zero-order valence-electron chi connectivity index (χ0n) is 16.8. The Labute approximate surface area is 174 Å². The van der Waals surface area contributed by atoms with E-state index in [1.165, 1.54) is 6.92 Å². The summed E-state index contributed by atoms with van der Waals surface area (Å²) >= 11 is 0. The van der Waals surface area contributed by atoms with Crippen LogP contribution in [-0.4, -0.2) is 41.8 Å². The number of carbonyl (C=O) groups is 3. The molecule has 1 unspecified atom stereocenters. The maximum absolute atomic E-state index is 12.4. The number of hydrogen-bond acceptors (Lipinski definition) is 5. The van der Waals surface area contributed by atoms with E-state index in [1.807, 2.05) is 54.0 Å². The zero-order chi connectivity index (χ0) is 21.7. The summed E-state index contributed by atoms with van der Waals surface area (Å²) in [5.74, 6) is -1.98. The van der Waals surface area contributed by atoms with Crippen LogP contribution in [0.15, 0.2) is 48.5 Å². The van der Waals surface area contributed by atoms with Crippen LogP contribution in [0, 0.1) is 0 Å². The first-order valence-electron chi connectivity index (χ1n) is 9.63. The minimum absolute atomic E-state index is 0.0937. The van der Waals surface area contributed by atoms with E-state index in [9.17, 15) is 14.4 Å². The van der Waals surface area contributed by atoms with Crippen molar-refractivity contribution in [1.29, 1.82) is 0 Å². The predicted octanol–water partition coefficient (Wildman–Crippen LogP) is 2.83. The molecule has 1 aliphatic rings. The lowest BCUT2D eigenvalue weighted by Gasteiger charge is -2.27. The second kappa shape index (κ2) is 8.96. The molecule has 3 rings (SSSR count). The monoisotopic (exact) mass is 412 g/mol. The van der Waals surface area contributed by atoms with Crippen LogP contribution < -0.4 is 10.8 Å². The van der Waals surface area contributed by atoms with E-state index in [0.717, 1.165) is 22.3 Å². The molecule has 0 fully saturated rings. The maximum Gasteiger partial charge on any atom is 0.408 e. The fourth-order valence-corrected chi connectivity index (χ4v) is 3.44. The summed E-state index contributed by atoms with van der Waals surface area (Å²) in [5, 5.41) is 11.1. The number of carboxylic acids is 1. The van der Waals surface area contributed by atoms with Crippen molar-refractivity contribution < 1.29 is 29.1 Å². The lowest BCUT2D eigenvalue weighted by molar-refractivity contribution is -0.151. The van der Waals surface area contributed by atoms with Crippen molar-refractivity contribution in [3.63, 3.8) is 0 Å².